The molecule has 0 aliphatic carbocycles. The second-order valence-electron chi connectivity index (χ2n) is 11.7. The smallest absolute Gasteiger partial charge is 0.433 e. The van der Waals surface area contributed by atoms with Gasteiger partial charge in [-0.3, -0.25) is 18.7 Å². The molecule has 0 radical (unpaired) electrons. The Balaban J connectivity index is 0.000000330. The SMILES string of the molecule is CCOC(=O)N(c1ccc(C(F)(F)F)cc1C(F)(F)F)c1nc(C(F)(F)F)cc(=O)n1CC.CCn1c(Nc2ccc(C(F)(F)F)cc2C(F)(F)F)nc(C(F)(F)F)cc1=O. The number of nitrogens with zero attached hydrogens (tertiary/aromatic N) is 5. The number of ether oxygens (including phenoxy) is 1. The van der Waals surface area contributed by atoms with E-state index in [9.17, 15) is 93.4 Å². The van der Waals surface area contributed by atoms with E-state index in [1.807, 2.05) is 5.32 Å². The van der Waals surface area contributed by atoms with Crippen LogP contribution in [0.3, 0.4) is 0 Å². The van der Waals surface area contributed by atoms with E-state index >= 15 is 0 Å². The Kier molecular flexibility index (Phi) is 14.2. The third kappa shape index (κ3) is 11.9. The molecule has 2 aromatic heterocycles. The number of hydrogen-bond acceptors (Lipinski definition) is 7. The first kappa shape index (κ1) is 49.4. The molecule has 4 aromatic rings. The Morgan fingerprint density at radius 3 is 1.46 bits per heavy atom. The maximum Gasteiger partial charge on any atom is 0.433 e. The van der Waals surface area contributed by atoms with E-state index in [-0.39, 0.29) is 47.8 Å². The van der Waals surface area contributed by atoms with Crippen LogP contribution in [0.4, 0.5) is 107 Å². The van der Waals surface area contributed by atoms with Gasteiger partial charge in [-0.05, 0) is 57.2 Å². The molecule has 0 saturated heterocycles. The van der Waals surface area contributed by atoms with Crippen LogP contribution < -0.4 is 21.3 Å². The maximum atomic E-state index is 13.7. The standard InChI is InChI=1S/C18H14F9N3O3.C15H10F9N3O/c1-3-29-13(31)8-12(18(25,26)27)28-14(29)30(15(32)33-4-2)11-6-5-9(16(19,20)21)7-10(11)17(22,23)24;1-2-27-11(28)6-10(15(22,23)24)26-12(27)25-9-4-3-7(13(16,17)18)5-8(9)14(19,20)21/h5-8H,3-4H2,1-2H3;3-6H,2H2,1H3,(H,25,26). The topological polar surface area (TPSA) is 111 Å². The van der Waals surface area contributed by atoms with E-state index in [2.05, 4.69) is 14.7 Å². The van der Waals surface area contributed by atoms with Gasteiger partial charge in [0.2, 0.25) is 11.9 Å². The second kappa shape index (κ2) is 17.5. The number of anilines is 4. The zero-order chi connectivity index (χ0) is 46.8. The summed E-state index contributed by atoms with van der Waals surface area (Å²) >= 11 is 0. The average molecular weight is 911 g/mol. The highest BCUT2D eigenvalue weighted by Crippen LogP contribution is 2.44. The van der Waals surface area contributed by atoms with E-state index in [1.54, 1.807) is 0 Å². The van der Waals surface area contributed by atoms with Gasteiger partial charge in [0.25, 0.3) is 11.1 Å². The normalized spacial score (nSPS) is 12.7. The predicted molar refractivity (Wildman–Crippen MR) is 174 cm³/mol. The summed E-state index contributed by atoms with van der Waals surface area (Å²) in [5.74, 6) is -2.12. The van der Waals surface area contributed by atoms with Crippen LogP contribution >= 0.6 is 0 Å². The molecular formula is C33H24F18N6O4. The zero-order valence-corrected chi connectivity index (χ0v) is 30.4. The van der Waals surface area contributed by atoms with Crippen molar-refractivity contribution < 1.29 is 88.6 Å². The van der Waals surface area contributed by atoms with E-state index in [0.717, 1.165) is 0 Å². The van der Waals surface area contributed by atoms with Crippen LogP contribution in [0, 0.1) is 0 Å². The molecule has 1 amide bonds. The fourth-order valence-corrected chi connectivity index (χ4v) is 4.95. The number of nitrogens with one attached hydrogen (secondary N) is 1. The molecule has 0 atom stereocenters. The van der Waals surface area contributed by atoms with Gasteiger partial charge in [0.05, 0.1) is 40.2 Å². The molecule has 0 aliphatic heterocycles. The first-order chi connectivity index (χ1) is 27.7. The minimum absolute atomic E-state index is 0.0632. The summed E-state index contributed by atoms with van der Waals surface area (Å²) in [4.78, 5) is 42.6. The number of hydrogen-bond donors (Lipinski definition) is 1. The summed E-state index contributed by atoms with van der Waals surface area (Å²) in [7, 11) is 0. The number of aromatic nitrogens is 4. The van der Waals surface area contributed by atoms with Crippen molar-refractivity contribution in [1.29, 1.82) is 0 Å². The average Bonchev–Trinajstić information content (AvgIpc) is 3.09. The van der Waals surface area contributed by atoms with Crippen molar-refractivity contribution in [2.24, 2.45) is 0 Å². The zero-order valence-electron chi connectivity index (χ0n) is 30.4. The summed E-state index contributed by atoms with van der Waals surface area (Å²) in [5.41, 5.74) is -15.5. The Morgan fingerprint density at radius 2 is 1.03 bits per heavy atom. The van der Waals surface area contributed by atoms with E-state index in [1.165, 1.54) is 20.8 Å². The summed E-state index contributed by atoms with van der Waals surface area (Å²) in [5, 5.41) is 1.90. The number of benzene rings is 2. The van der Waals surface area contributed by atoms with Gasteiger partial charge in [0.1, 0.15) is 0 Å². The van der Waals surface area contributed by atoms with Gasteiger partial charge in [-0.15, -0.1) is 0 Å². The largest absolute Gasteiger partial charge is 0.449 e. The van der Waals surface area contributed by atoms with Crippen LogP contribution in [0.2, 0.25) is 0 Å². The van der Waals surface area contributed by atoms with Crippen molar-refractivity contribution in [3.63, 3.8) is 0 Å². The lowest BCUT2D eigenvalue weighted by atomic mass is 10.1. The Bertz CT molecular complexity index is 2340. The van der Waals surface area contributed by atoms with Crippen LogP contribution in [-0.4, -0.2) is 31.8 Å². The highest BCUT2D eigenvalue weighted by molar-refractivity contribution is 5.95. The van der Waals surface area contributed by atoms with Crippen molar-refractivity contribution in [1.82, 2.24) is 19.1 Å². The minimum Gasteiger partial charge on any atom is -0.449 e. The van der Waals surface area contributed by atoms with Gasteiger partial charge in [0, 0.05) is 25.2 Å². The Labute approximate surface area is 328 Å². The first-order valence-electron chi connectivity index (χ1n) is 16.4. The van der Waals surface area contributed by atoms with Gasteiger partial charge in [-0.2, -0.15) is 79.0 Å². The molecule has 2 aromatic carbocycles. The maximum absolute atomic E-state index is 13.7. The lowest BCUT2D eigenvalue weighted by molar-refractivity contribution is -0.144. The van der Waals surface area contributed by atoms with E-state index in [0.29, 0.717) is 21.3 Å². The second-order valence-corrected chi connectivity index (χ2v) is 11.7. The molecule has 28 heteroatoms. The molecule has 0 aliphatic rings. The Morgan fingerprint density at radius 1 is 0.590 bits per heavy atom. The van der Waals surface area contributed by atoms with E-state index < -0.39 is 124 Å². The van der Waals surface area contributed by atoms with Crippen LogP contribution in [0.15, 0.2) is 58.1 Å². The third-order valence-electron chi connectivity index (χ3n) is 7.63. The highest BCUT2D eigenvalue weighted by atomic mass is 19.4. The van der Waals surface area contributed by atoms with Crippen LogP contribution in [0.1, 0.15) is 54.4 Å². The molecule has 0 unspecified atom stereocenters. The number of rotatable bonds is 7. The first-order valence-corrected chi connectivity index (χ1v) is 16.4. The van der Waals surface area contributed by atoms with Gasteiger partial charge in [0.15, 0.2) is 11.4 Å². The lowest BCUT2D eigenvalue weighted by Crippen LogP contribution is -2.36. The van der Waals surface area contributed by atoms with Crippen molar-refractivity contribution in [3.8, 4) is 0 Å². The number of halogens is 18. The highest BCUT2D eigenvalue weighted by Gasteiger charge is 2.43. The van der Waals surface area contributed by atoms with Crippen LogP contribution in [0.5, 0.6) is 0 Å². The number of amides is 1. The molecule has 61 heavy (non-hydrogen) atoms. The number of alkyl halides is 18. The summed E-state index contributed by atoms with van der Waals surface area (Å²) in [6.07, 6.45) is -33.0. The third-order valence-corrected chi connectivity index (χ3v) is 7.63. The number of carbonyl (C=O) groups is 1. The molecule has 2 heterocycles. The molecular weight excluding hydrogens is 886 g/mol. The van der Waals surface area contributed by atoms with E-state index in [4.69, 9.17) is 0 Å². The van der Waals surface area contributed by atoms with Crippen molar-refractivity contribution in [3.05, 3.63) is 103 Å². The molecule has 10 nitrogen and oxygen atoms in total. The molecule has 0 bridgehead atoms. The van der Waals surface area contributed by atoms with Crippen LogP contribution in [-0.2, 0) is 54.9 Å². The summed E-state index contributed by atoms with van der Waals surface area (Å²) in [6.45, 7) is 2.59. The van der Waals surface area contributed by atoms with Crippen molar-refractivity contribution in [2.75, 3.05) is 16.8 Å². The number of carbonyl (C=O) groups excluding carboxylic acids is 1. The van der Waals surface area contributed by atoms with Gasteiger partial charge in [-0.1, -0.05) is 0 Å². The molecule has 0 spiro atoms. The Hall–Kier alpha value is -5.99. The molecule has 4 rings (SSSR count). The summed E-state index contributed by atoms with van der Waals surface area (Å²) in [6, 6.07) is 0.860. The fraction of sp³-hybridized carbons (Fsp3) is 0.364. The molecule has 0 saturated carbocycles. The van der Waals surface area contributed by atoms with Crippen LogP contribution in [0.25, 0.3) is 0 Å². The van der Waals surface area contributed by atoms with Crippen molar-refractivity contribution in [2.45, 2.75) is 70.9 Å². The van der Waals surface area contributed by atoms with Gasteiger partial charge >= 0.3 is 43.2 Å². The van der Waals surface area contributed by atoms with Gasteiger partial charge in [-0.25, -0.2) is 19.7 Å². The quantitative estimate of drug-likeness (QED) is 0.184. The fourth-order valence-electron chi connectivity index (χ4n) is 4.95. The monoisotopic (exact) mass is 910 g/mol. The summed E-state index contributed by atoms with van der Waals surface area (Å²) < 4.78 is 241. The lowest BCUT2D eigenvalue weighted by Gasteiger charge is -2.27. The molecule has 0 fully saturated rings. The van der Waals surface area contributed by atoms with Crippen molar-refractivity contribution >= 4 is 29.4 Å². The van der Waals surface area contributed by atoms with Gasteiger partial charge < -0.3 is 10.1 Å². The minimum atomic E-state index is -5.49. The molecule has 1 N–H and O–H groups in total. The predicted octanol–water partition coefficient (Wildman–Crippen LogP) is 10.7. The molecule has 336 valence electrons.